The van der Waals surface area contributed by atoms with E-state index in [9.17, 15) is 9.59 Å². The Balaban J connectivity index is 1.15. The number of pyridine rings is 2. The second-order valence-corrected chi connectivity index (χ2v) is 14.5. The van der Waals surface area contributed by atoms with Gasteiger partial charge in [-0.2, -0.15) is 0 Å². The molecule has 9 rings (SSSR count). The van der Waals surface area contributed by atoms with E-state index in [1.165, 1.54) is 19.2 Å². The van der Waals surface area contributed by atoms with Gasteiger partial charge >= 0.3 is 0 Å². The lowest BCUT2D eigenvalue weighted by molar-refractivity contribution is 0.312. The maximum atomic E-state index is 16.0. The molecule has 51 heavy (non-hydrogen) atoms. The van der Waals surface area contributed by atoms with E-state index in [0.717, 1.165) is 38.8 Å². The minimum Gasteiger partial charge on any atom is -0.492 e. The molecule has 2 aliphatic heterocycles. The number of benzene rings is 2. The molecule has 1 atom stereocenters. The monoisotopic (exact) mass is 698 g/mol. The minimum atomic E-state index is -0.545. The number of methoxy groups -OCH3 is 1. The van der Waals surface area contributed by atoms with Gasteiger partial charge in [0.1, 0.15) is 22.6 Å². The van der Waals surface area contributed by atoms with E-state index in [1.54, 1.807) is 18.5 Å². The third kappa shape index (κ3) is 5.46. The second kappa shape index (κ2) is 12.2. The first-order chi connectivity index (χ1) is 24.7. The zero-order valence-corrected chi connectivity index (χ0v) is 28.9. The van der Waals surface area contributed by atoms with Crippen molar-refractivity contribution in [1.82, 2.24) is 29.5 Å². The summed E-state index contributed by atoms with van der Waals surface area (Å²) in [6.45, 7) is 6.99. The van der Waals surface area contributed by atoms with E-state index in [0.29, 0.717) is 60.9 Å². The number of nitrogens with one attached hydrogen (secondary N) is 1. The number of hydrogen-bond donors (Lipinski definition) is 1. The van der Waals surface area contributed by atoms with Crippen LogP contribution in [0.25, 0.3) is 44.7 Å². The van der Waals surface area contributed by atoms with Crippen molar-refractivity contribution in [3.63, 3.8) is 0 Å². The van der Waals surface area contributed by atoms with E-state index in [1.807, 2.05) is 32.9 Å². The molecule has 14 heteroatoms. The molecule has 3 aromatic heterocycles. The van der Waals surface area contributed by atoms with Gasteiger partial charge < -0.3 is 38.3 Å². The standard InChI is InChI=1S/C37H40F2N8O4/c1-20-17-45(9-8-40-20)32-28(39)15-24-31(35(32)50-3)47(22-6-7-22)19-26(34(24)49)37-42-41-36(51-37)25-18-46(21-4-5-21)29-16-30(27(38)14-23(29)33(25)48)44-12-10-43(2)11-13-44/h14-16,18-22,40H,4-13,17H2,1-3H3. The molecule has 4 aliphatic rings. The topological polar surface area (TPSA) is 114 Å². The van der Waals surface area contributed by atoms with Crippen molar-refractivity contribution in [1.29, 1.82) is 0 Å². The lowest BCUT2D eigenvalue weighted by Crippen LogP contribution is -2.49. The highest BCUT2D eigenvalue weighted by molar-refractivity contribution is 5.94. The average Bonchev–Trinajstić information content (AvgIpc) is 4.07. The molecule has 1 unspecified atom stereocenters. The Morgan fingerprint density at radius 1 is 0.824 bits per heavy atom. The molecular weight excluding hydrogens is 658 g/mol. The van der Waals surface area contributed by atoms with Crippen LogP contribution in [0.3, 0.4) is 0 Å². The van der Waals surface area contributed by atoms with Crippen molar-refractivity contribution in [3.8, 4) is 28.7 Å². The van der Waals surface area contributed by atoms with Gasteiger partial charge in [-0.3, -0.25) is 9.59 Å². The predicted octanol–water partition coefficient (Wildman–Crippen LogP) is 4.54. The third-order valence-corrected chi connectivity index (χ3v) is 10.8. The molecule has 0 radical (unpaired) electrons. The van der Waals surface area contributed by atoms with Crippen molar-refractivity contribution < 1.29 is 17.9 Å². The predicted molar refractivity (Wildman–Crippen MR) is 191 cm³/mol. The highest BCUT2D eigenvalue weighted by Crippen LogP contribution is 2.45. The molecule has 5 heterocycles. The number of likely N-dealkylation sites (N-methyl/N-ethyl adjacent to an activating group) is 1. The van der Waals surface area contributed by atoms with Gasteiger partial charge in [0.2, 0.25) is 10.9 Å². The van der Waals surface area contributed by atoms with Crippen LogP contribution in [-0.2, 0) is 0 Å². The molecule has 266 valence electrons. The van der Waals surface area contributed by atoms with Gasteiger partial charge in [0.25, 0.3) is 11.8 Å². The molecule has 0 spiro atoms. The van der Waals surface area contributed by atoms with Gasteiger partial charge in [-0.25, -0.2) is 8.78 Å². The summed E-state index contributed by atoms with van der Waals surface area (Å²) in [7, 11) is 3.55. The molecule has 5 aromatic rings. The van der Waals surface area contributed by atoms with Crippen LogP contribution in [0.4, 0.5) is 20.2 Å². The summed E-state index contributed by atoms with van der Waals surface area (Å²) in [6, 6.07) is 4.79. The van der Waals surface area contributed by atoms with Crippen LogP contribution in [-0.4, -0.2) is 90.2 Å². The molecule has 4 fully saturated rings. The van der Waals surface area contributed by atoms with Crippen molar-refractivity contribution in [2.75, 3.05) is 69.8 Å². The summed E-state index contributed by atoms with van der Waals surface area (Å²) in [4.78, 5) is 34.3. The zero-order chi connectivity index (χ0) is 35.1. The summed E-state index contributed by atoms with van der Waals surface area (Å²) in [5, 5.41) is 12.2. The summed E-state index contributed by atoms with van der Waals surface area (Å²) in [5.41, 5.74) is 1.33. The summed E-state index contributed by atoms with van der Waals surface area (Å²) >= 11 is 0. The molecule has 12 nitrogen and oxygen atoms in total. The van der Waals surface area contributed by atoms with Gasteiger partial charge in [0.15, 0.2) is 11.6 Å². The van der Waals surface area contributed by atoms with Crippen molar-refractivity contribution in [2.45, 2.75) is 50.7 Å². The van der Waals surface area contributed by atoms with Crippen molar-refractivity contribution in [2.24, 2.45) is 0 Å². The molecule has 2 saturated heterocycles. The smallest absolute Gasteiger partial charge is 0.253 e. The Bertz CT molecular complexity index is 2320. The van der Waals surface area contributed by atoms with E-state index in [4.69, 9.17) is 9.15 Å². The minimum absolute atomic E-state index is 0.0701. The Morgan fingerprint density at radius 2 is 1.45 bits per heavy atom. The third-order valence-electron chi connectivity index (χ3n) is 10.8. The van der Waals surface area contributed by atoms with Gasteiger partial charge in [-0.15, -0.1) is 10.2 Å². The molecule has 2 saturated carbocycles. The number of piperazine rings is 2. The fourth-order valence-corrected chi connectivity index (χ4v) is 7.76. The summed E-state index contributed by atoms with van der Waals surface area (Å²) < 4.78 is 47.6. The number of anilines is 2. The van der Waals surface area contributed by atoms with Crippen LogP contribution < -0.4 is 30.7 Å². The lowest BCUT2D eigenvalue weighted by atomic mass is 10.1. The van der Waals surface area contributed by atoms with Crippen LogP contribution in [0.1, 0.15) is 44.7 Å². The number of halogens is 2. The van der Waals surface area contributed by atoms with Gasteiger partial charge in [0.05, 0.1) is 29.2 Å². The lowest BCUT2D eigenvalue weighted by Gasteiger charge is -2.35. The number of hydrogen-bond acceptors (Lipinski definition) is 10. The maximum absolute atomic E-state index is 16.0. The Hall–Kier alpha value is -4.82. The Morgan fingerprint density at radius 3 is 2.10 bits per heavy atom. The first kappa shape index (κ1) is 32.1. The Kier molecular flexibility index (Phi) is 7.65. The van der Waals surface area contributed by atoms with Gasteiger partial charge in [-0.05, 0) is 57.9 Å². The van der Waals surface area contributed by atoms with E-state index < -0.39 is 22.5 Å². The van der Waals surface area contributed by atoms with Gasteiger partial charge in [0, 0.05) is 81.7 Å². The fraction of sp³-hybridized carbons (Fsp3) is 0.459. The first-order valence-electron chi connectivity index (χ1n) is 17.8. The molecule has 2 aromatic carbocycles. The fourth-order valence-electron chi connectivity index (χ4n) is 7.76. The summed E-state index contributed by atoms with van der Waals surface area (Å²) in [6.07, 6.45) is 7.03. The van der Waals surface area contributed by atoms with Crippen molar-refractivity contribution in [3.05, 3.63) is 62.7 Å². The molecular formula is C37H40F2N8O4. The largest absolute Gasteiger partial charge is 0.492 e. The average molecular weight is 699 g/mol. The SMILES string of the molecule is COc1c(N2CCNC(C)C2)c(F)cc2c(=O)c(-c3nnc(-c4cn(C5CC5)c5cc(N6CCN(C)CC6)c(F)cc5c4=O)o3)cn(C3CC3)c12. The highest BCUT2D eigenvalue weighted by Gasteiger charge is 2.33. The second-order valence-electron chi connectivity index (χ2n) is 14.5. The number of fused-ring (bicyclic) bond motifs is 2. The number of aromatic nitrogens is 4. The van der Waals surface area contributed by atoms with E-state index in [2.05, 4.69) is 20.4 Å². The molecule has 0 bridgehead atoms. The Labute approximate surface area is 292 Å². The molecule has 2 aliphatic carbocycles. The van der Waals surface area contributed by atoms with Crippen LogP contribution in [0.15, 0.2) is 44.6 Å². The number of rotatable bonds is 7. The zero-order valence-electron chi connectivity index (χ0n) is 28.9. The maximum Gasteiger partial charge on any atom is 0.253 e. The number of nitrogens with zero attached hydrogens (tertiary/aromatic N) is 7. The molecule has 0 amide bonds. The van der Waals surface area contributed by atoms with Gasteiger partial charge in [-0.1, -0.05) is 0 Å². The van der Waals surface area contributed by atoms with Crippen LogP contribution in [0, 0.1) is 11.6 Å². The first-order valence-corrected chi connectivity index (χ1v) is 17.8. The molecule has 1 N–H and O–H groups in total. The summed E-state index contributed by atoms with van der Waals surface area (Å²) in [5.74, 6) is -0.834. The van der Waals surface area contributed by atoms with Crippen LogP contribution in [0.2, 0.25) is 0 Å². The normalized spacial score (nSPS) is 20.1. The van der Waals surface area contributed by atoms with E-state index >= 15 is 8.78 Å². The van der Waals surface area contributed by atoms with E-state index in [-0.39, 0.29) is 51.8 Å². The number of ether oxygens (including phenoxy) is 1. The van der Waals surface area contributed by atoms with Crippen LogP contribution in [0.5, 0.6) is 5.75 Å². The quantitative estimate of drug-likeness (QED) is 0.260. The van der Waals surface area contributed by atoms with Crippen LogP contribution >= 0.6 is 0 Å². The highest BCUT2D eigenvalue weighted by atomic mass is 19.1. The van der Waals surface area contributed by atoms with Crippen molar-refractivity contribution >= 4 is 33.2 Å².